The summed E-state index contributed by atoms with van der Waals surface area (Å²) < 4.78 is 1.90. The summed E-state index contributed by atoms with van der Waals surface area (Å²) in [6.07, 6.45) is 3.09. The van der Waals surface area contributed by atoms with Crippen molar-refractivity contribution in [1.82, 2.24) is 14.7 Å². The minimum atomic E-state index is -0.00848. The normalized spacial score (nSPS) is 14.3. The van der Waals surface area contributed by atoms with Crippen LogP contribution in [0, 0.1) is 12.8 Å². The number of nitrogens with zero attached hydrogens (tertiary/aromatic N) is 3. The van der Waals surface area contributed by atoms with Crippen molar-refractivity contribution < 1.29 is 9.90 Å². The van der Waals surface area contributed by atoms with Crippen LogP contribution < -0.4 is 0 Å². The molecule has 0 unspecified atom stereocenters. The molecule has 0 aliphatic carbocycles. The maximum absolute atomic E-state index is 13.4. The summed E-state index contributed by atoms with van der Waals surface area (Å²) in [4.78, 5) is 15.4. The number of rotatable bonds is 6. The van der Waals surface area contributed by atoms with Gasteiger partial charge >= 0.3 is 0 Å². The molecule has 35 heavy (non-hydrogen) atoms. The fourth-order valence-corrected chi connectivity index (χ4v) is 4.82. The van der Waals surface area contributed by atoms with Gasteiger partial charge in [-0.1, -0.05) is 60.2 Å². The van der Waals surface area contributed by atoms with Gasteiger partial charge in [-0.3, -0.25) is 9.48 Å². The number of hydrogen-bond donors (Lipinski definition) is 1. The number of amides is 1. The third-order valence-electron chi connectivity index (χ3n) is 6.88. The Bertz CT molecular complexity index is 1270. The predicted molar refractivity (Wildman–Crippen MR) is 138 cm³/mol. The summed E-state index contributed by atoms with van der Waals surface area (Å²) >= 11 is 0. The number of aromatic hydroxyl groups is 1. The lowest BCUT2D eigenvalue weighted by atomic mass is 9.90. The molecule has 0 atom stereocenters. The molecule has 2 heterocycles. The molecule has 1 fully saturated rings. The molecule has 1 aliphatic heterocycles. The smallest absolute Gasteiger partial charge is 0.274 e. The predicted octanol–water partition coefficient (Wildman–Crippen LogP) is 5.71. The quantitative estimate of drug-likeness (QED) is 0.397. The average molecular weight is 466 g/mol. The molecule has 0 spiro atoms. The molecule has 178 valence electrons. The Hall–Kier alpha value is -3.86. The standard InChI is InChI=1S/C30H31N3O2/c1-22-7-9-25(10-8-22)21-33-29(26-11-13-27(34)14-12-26)20-28(31-33)30(35)32-17-15-24(16-18-32)19-23-5-3-2-4-6-23/h2-14,20,24,34H,15-19,21H2,1H3. The van der Waals surface area contributed by atoms with Crippen LogP contribution in [0.4, 0.5) is 0 Å². The summed E-state index contributed by atoms with van der Waals surface area (Å²) in [6.45, 7) is 4.16. The summed E-state index contributed by atoms with van der Waals surface area (Å²) in [5.41, 5.74) is 5.96. The van der Waals surface area contributed by atoms with Crippen LogP contribution in [-0.4, -0.2) is 38.8 Å². The topological polar surface area (TPSA) is 58.4 Å². The summed E-state index contributed by atoms with van der Waals surface area (Å²) in [5.74, 6) is 0.812. The zero-order valence-electron chi connectivity index (χ0n) is 20.1. The van der Waals surface area contributed by atoms with Gasteiger partial charge in [0.2, 0.25) is 0 Å². The first-order valence-corrected chi connectivity index (χ1v) is 12.3. The van der Waals surface area contributed by atoms with Gasteiger partial charge in [0.05, 0.1) is 12.2 Å². The van der Waals surface area contributed by atoms with E-state index in [0.29, 0.717) is 18.2 Å². The Morgan fingerprint density at radius 2 is 1.60 bits per heavy atom. The number of phenolic OH excluding ortho intramolecular Hbond substituents is 1. The Labute approximate surface area is 206 Å². The van der Waals surface area contributed by atoms with Crippen molar-refractivity contribution >= 4 is 5.91 Å². The van der Waals surface area contributed by atoms with Crippen LogP contribution in [0.1, 0.15) is 40.0 Å². The highest BCUT2D eigenvalue weighted by Crippen LogP contribution is 2.27. The summed E-state index contributed by atoms with van der Waals surface area (Å²) in [7, 11) is 0. The van der Waals surface area contributed by atoms with Gasteiger partial charge in [0.1, 0.15) is 5.75 Å². The molecule has 5 heteroatoms. The zero-order valence-corrected chi connectivity index (χ0v) is 20.1. The fourth-order valence-electron chi connectivity index (χ4n) is 4.82. The molecule has 1 aromatic heterocycles. The second-order valence-corrected chi connectivity index (χ2v) is 9.53. The Kier molecular flexibility index (Phi) is 6.66. The Balaban J connectivity index is 1.33. The van der Waals surface area contributed by atoms with E-state index in [1.54, 1.807) is 12.1 Å². The van der Waals surface area contributed by atoms with Crippen LogP contribution in [0.15, 0.2) is 84.9 Å². The van der Waals surface area contributed by atoms with E-state index >= 15 is 0 Å². The number of carbonyl (C=O) groups excluding carboxylic acids is 1. The van der Waals surface area contributed by atoms with Crippen LogP contribution >= 0.6 is 0 Å². The maximum Gasteiger partial charge on any atom is 0.274 e. The van der Waals surface area contributed by atoms with E-state index in [-0.39, 0.29) is 11.7 Å². The summed E-state index contributed by atoms with van der Waals surface area (Å²) in [5, 5.41) is 14.5. The molecule has 3 aromatic carbocycles. The van der Waals surface area contributed by atoms with Crippen molar-refractivity contribution in [2.45, 2.75) is 32.7 Å². The monoisotopic (exact) mass is 465 g/mol. The molecule has 0 bridgehead atoms. The first-order chi connectivity index (χ1) is 17.0. The number of phenols is 1. The van der Waals surface area contributed by atoms with E-state index in [2.05, 4.69) is 61.5 Å². The zero-order chi connectivity index (χ0) is 24.2. The van der Waals surface area contributed by atoms with Crippen LogP contribution in [0.2, 0.25) is 0 Å². The van der Waals surface area contributed by atoms with Crippen molar-refractivity contribution in [2.24, 2.45) is 5.92 Å². The van der Waals surface area contributed by atoms with Gasteiger partial charge in [0.15, 0.2) is 5.69 Å². The molecule has 0 radical (unpaired) electrons. The molecule has 5 nitrogen and oxygen atoms in total. The Morgan fingerprint density at radius 3 is 2.29 bits per heavy atom. The second kappa shape index (κ2) is 10.2. The van der Waals surface area contributed by atoms with E-state index < -0.39 is 0 Å². The van der Waals surface area contributed by atoms with Crippen LogP contribution in [-0.2, 0) is 13.0 Å². The summed E-state index contributed by atoms with van der Waals surface area (Å²) in [6, 6.07) is 27.9. The van der Waals surface area contributed by atoms with Gasteiger partial charge in [-0.15, -0.1) is 0 Å². The number of hydrogen-bond acceptors (Lipinski definition) is 3. The Morgan fingerprint density at radius 1 is 0.914 bits per heavy atom. The molecule has 4 aromatic rings. The third kappa shape index (κ3) is 5.46. The lowest BCUT2D eigenvalue weighted by Gasteiger charge is -2.31. The molecule has 1 aliphatic rings. The number of benzene rings is 3. The lowest BCUT2D eigenvalue weighted by Crippen LogP contribution is -2.39. The van der Waals surface area contributed by atoms with Gasteiger partial charge in [0, 0.05) is 18.7 Å². The molecular weight excluding hydrogens is 434 g/mol. The van der Waals surface area contributed by atoms with Crippen LogP contribution in [0.5, 0.6) is 5.75 Å². The average Bonchev–Trinajstić information content (AvgIpc) is 3.30. The van der Waals surface area contributed by atoms with Crippen molar-refractivity contribution in [1.29, 1.82) is 0 Å². The SMILES string of the molecule is Cc1ccc(Cn2nc(C(=O)N3CCC(Cc4ccccc4)CC3)cc2-c2ccc(O)cc2)cc1. The molecule has 0 saturated carbocycles. The number of likely N-dealkylation sites (tertiary alicyclic amines) is 1. The van der Waals surface area contributed by atoms with E-state index in [0.717, 1.165) is 49.2 Å². The van der Waals surface area contributed by atoms with Gasteiger partial charge < -0.3 is 10.0 Å². The lowest BCUT2D eigenvalue weighted by molar-refractivity contribution is 0.0683. The molecule has 1 amide bonds. The van der Waals surface area contributed by atoms with Crippen LogP contribution in [0.3, 0.4) is 0 Å². The number of aromatic nitrogens is 2. The van der Waals surface area contributed by atoms with Gasteiger partial charge in [-0.05, 0) is 73.6 Å². The highest BCUT2D eigenvalue weighted by atomic mass is 16.3. The number of carbonyl (C=O) groups is 1. The molecule has 5 rings (SSSR count). The van der Waals surface area contributed by atoms with E-state index in [4.69, 9.17) is 5.10 Å². The minimum absolute atomic E-state index is 0.00848. The van der Waals surface area contributed by atoms with E-state index in [1.165, 1.54) is 11.1 Å². The van der Waals surface area contributed by atoms with Crippen molar-refractivity contribution in [2.75, 3.05) is 13.1 Å². The highest BCUT2D eigenvalue weighted by Gasteiger charge is 2.26. The fraction of sp³-hybridized carbons (Fsp3) is 0.267. The van der Waals surface area contributed by atoms with Gasteiger partial charge in [0.25, 0.3) is 5.91 Å². The van der Waals surface area contributed by atoms with Crippen LogP contribution in [0.25, 0.3) is 11.3 Å². The van der Waals surface area contributed by atoms with E-state index in [9.17, 15) is 9.90 Å². The number of aryl methyl sites for hydroxylation is 1. The minimum Gasteiger partial charge on any atom is -0.508 e. The highest BCUT2D eigenvalue weighted by molar-refractivity contribution is 5.93. The van der Waals surface area contributed by atoms with Crippen molar-refractivity contribution in [3.8, 4) is 17.0 Å². The molecule has 1 N–H and O–H groups in total. The second-order valence-electron chi connectivity index (χ2n) is 9.53. The first kappa shape index (κ1) is 22.9. The van der Waals surface area contributed by atoms with E-state index in [1.807, 2.05) is 27.8 Å². The van der Waals surface area contributed by atoms with Gasteiger partial charge in [-0.2, -0.15) is 5.10 Å². The maximum atomic E-state index is 13.4. The van der Waals surface area contributed by atoms with Crippen molar-refractivity contribution in [3.05, 3.63) is 107 Å². The first-order valence-electron chi connectivity index (χ1n) is 12.3. The molecule has 1 saturated heterocycles. The number of piperidine rings is 1. The van der Waals surface area contributed by atoms with Gasteiger partial charge in [-0.25, -0.2) is 0 Å². The van der Waals surface area contributed by atoms with Crippen molar-refractivity contribution in [3.63, 3.8) is 0 Å². The third-order valence-corrected chi connectivity index (χ3v) is 6.88. The largest absolute Gasteiger partial charge is 0.508 e. The molecular formula is C30H31N3O2.